The minimum absolute atomic E-state index is 0.393. The van der Waals surface area contributed by atoms with Crippen molar-refractivity contribution in [2.24, 2.45) is 0 Å². The van der Waals surface area contributed by atoms with E-state index in [-0.39, 0.29) is 0 Å². The topological polar surface area (TPSA) is 50.4 Å². The summed E-state index contributed by atoms with van der Waals surface area (Å²) in [7, 11) is 1.38. The van der Waals surface area contributed by atoms with Crippen molar-refractivity contribution in [2.45, 2.75) is 6.42 Å². The first-order chi connectivity index (χ1) is 15.6. The van der Waals surface area contributed by atoms with Crippen molar-refractivity contribution in [1.29, 1.82) is 0 Å². The van der Waals surface area contributed by atoms with E-state index in [0.717, 1.165) is 28.1 Å². The Morgan fingerprint density at radius 2 is 1.56 bits per heavy atom. The van der Waals surface area contributed by atoms with Gasteiger partial charge < -0.3 is 15.4 Å². The van der Waals surface area contributed by atoms with E-state index in [0.29, 0.717) is 15.7 Å². The zero-order chi connectivity index (χ0) is 22.3. The third-order valence-electron chi connectivity index (χ3n) is 4.90. The van der Waals surface area contributed by atoms with Crippen LogP contribution in [0.2, 0.25) is 0 Å². The number of thiophene rings is 1. The van der Waals surface area contributed by atoms with Gasteiger partial charge in [-0.05, 0) is 35.5 Å². The Morgan fingerprint density at radius 1 is 0.906 bits per heavy atom. The maximum Gasteiger partial charge on any atom is 0.340 e. The van der Waals surface area contributed by atoms with Gasteiger partial charge in [0.25, 0.3) is 0 Å². The van der Waals surface area contributed by atoms with Gasteiger partial charge in [-0.2, -0.15) is 0 Å². The van der Waals surface area contributed by atoms with Gasteiger partial charge in [0, 0.05) is 22.5 Å². The molecule has 2 N–H and O–H groups in total. The number of thiocarbonyl (C=S) groups is 1. The van der Waals surface area contributed by atoms with Crippen LogP contribution in [0.15, 0.2) is 91.0 Å². The first-order valence-corrected chi connectivity index (χ1v) is 11.3. The Kier molecular flexibility index (Phi) is 6.94. The van der Waals surface area contributed by atoms with Crippen LogP contribution in [0.5, 0.6) is 0 Å². The quantitative estimate of drug-likeness (QED) is 0.252. The van der Waals surface area contributed by atoms with Gasteiger partial charge in [-0.3, -0.25) is 0 Å². The van der Waals surface area contributed by atoms with Crippen molar-refractivity contribution >= 4 is 45.3 Å². The van der Waals surface area contributed by atoms with Crippen molar-refractivity contribution < 1.29 is 9.53 Å². The second-order valence-electron chi connectivity index (χ2n) is 7.10. The Morgan fingerprint density at radius 3 is 2.28 bits per heavy atom. The number of hydrogen-bond donors (Lipinski definition) is 2. The maximum atomic E-state index is 12.4. The highest BCUT2D eigenvalue weighted by atomic mass is 32.1. The van der Waals surface area contributed by atoms with Crippen molar-refractivity contribution in [2.75, 3.05) is 17.7 Å². The minimum Gasteiger partial charge on any atom is -0.465 e. The highest BCUT2D eigenvalue weighted by molar-refractivity contribution is 7.80. The SMILES string of the molecule is COC(=O)c1cc(Cc2ccccc2)sc1NC(=S)Nc1ccccc1-c1ccccc1. The van der Waals surface area contributed by atoms with E-state index in [1.54, 1.807) is 0 Å². The maximum absolute atomic E-state index is 12.4. The number of carbonyl (C=O) groups is 1. The average Bonchev–Trinajstić information content (AvgIpc) is 3.21. The highest BCUT2D eigenvalue weighted by Crippen LogP contribution is 2.32. The summed E-state index contributed by atoms with van der Waals surface area (Å²) >= 11 is 7.08. The molecule has 160 valence electrons. The molecular weight excluding hydrogens is 436 g/mol. The molecule has 0 aliphatic carbocycles. The number of rotatable bonds is 6. The second kappa shape index (κ2) is 10.2. The molecule has 3 aromatic carbocycles. The first-order valence-electron chi connectivity index (χ1n) is 10.1. The fourth-order valence-electron chi connectivity index (χ4n) is 3.40. The van der Waals surface area contributed by atoms with Crippen molar-refractivity contribution in [1.82, 2.24) is 0 Å². The van der Waals surface area contributed by atoms with Gasteiger partial charge in [0.05, 0.1) is 12.7 Å². The second-order valence-corrected chi connectivity index (χ2v) is 8.65. The standard InChI is InChI=1S/C26H22N2O2S2/c1-30-25(29)22-17-20(16-18-10-4-2-5-11-18)32-24(22)28-26(31)27-23-15-9-8-14-21(23)19-12-6-3-7-13-19/h2-15,17H,16H2,1H3,(H2,27,28,31). The fourth-order valence-corrected chi connectivity index (χ4v) is 4.76. The summed E-state index contributed by atoms with van der Waals surface area (Å²) in [5, 5.41) is 7.55. The number of nitrogens with one attached hydrogen (secondary N) is 2. The third kappa shape index (κ3) is 5.22. The molecule has 4 nitrogen and oxygen atoms in total. The van der Waals surface area contributed by atoms with Crippen LogP contribution in [0.25, 0.3) is 11.1 Å². The van der Waals surface area contributed by atoms with Crippen LogP contribution in [-0.4, -0.2) is 18.2 Å². The summed E-state index contributed by atoms with van der Waals surface area (Å²) in [5.41, 5.74) is 4.67. The van der Waals surface area contributed by atoms with Crippen LogP contribution in [0, 0.1) is 0 Å². The fraction of sp³-hybridized carbons (Fsp3) is 0.0769. The molecule has 0 fully saturated rings. The Balaban J connectivity index is 1.55. The summed E-state index contributed by atoms with van der Waals surface area (Å²) < 4.78 is 4.98. The lowest BCUT2D eigenvalue weighted by molar-refractivity contribution is 0.0602. The van der Waals surface area contributed by atoms with E-state index in [1.165, 1.54) is 24.0 Å². The van der Waals surface area contributed by atoms with Crippen LogP contribution < -0.4 is 10.6 Å². The van der Waals surface area contributed by atoms with Gasteiger partial charge in [-0.25, -0.2) is 4.79 Å². The zero-order valence-electron chi connectivity index (χ0n) is 17.5. The van der Waals surface area contributed by atoms with E-state index >= 15 is 0 Å². The molecule has 0 saturated carbocycles. The summed E-state index contributed by atoms with van der Waals surface area (Å²) in [6.45, 7) is 0. The van der Waals surface area contributed by atoms with E-state index in [2.05, 4.69) is 34.9 Å². The van der Waals surface area contributed by atoms with E-state index in [9.17, 15) is 4.79 Å². The molecule has 0 saturated heterocycles. The smallest absolute Gasteiger partial charge is 0.340 e. The number of esters is 1. The normalized spacial score (nSPS) is 10.4. The lowest BCUT2D eigenvalue weighted by atomic mass is 10.0. The number of hydrogen-bond acceptors (Lipinski definition) is 4. The third-order valence-corrected chi connectivity index (χ3v) is 6.15. The van der Waals surface area contributed by atoms with Crippen LogP contribution in [0.3, 0.4) is 0 Å². The number of methoxy groups -OCH3 is 1. The molecule has 0 radical (unpaired) electrons. The lowest BCUT2D eigenvalue weighted by Crippen LogP contribution is -2.20. The molecule has 0 amide bonds. The Bertz CT molecular complexity index is 1220. The molecule has 0 atom stereocenters. The molecule has 1 heterocycles. The lowest BCUT2D eigenvalue weighted by Gasteiger charge is -2.14. The predicted molar refractivity (Wildman–Crippen MR) is 137 cm³/mol. The molecular formula is C26H22N2O2S2. The number of anilines is 2. The molecule has 6 heteroatoms. The molecule has 32 heavy (non-hydrogen) atoms. The van der Waals surface area contributed by atoms with Crippen LogP contribution in [0.4, 0.5) is 10.7 Å². The predicted octanol–water partition coefficient (Wildman–Crippen LogP) is 6.60. The molecule has 0 aliphatic heterocycles. The Hall–Kier alpha value is -3.48. The number of carbonyl (C=O) groups excluding carboxylic acids is 1. The summed E-state index contributed by atoms with van der Waals surface area (Å²) in [6.07, 6.45) is 0.730. The highest BCUT2D eigenvalue weighted by Gasteiger charge is 2.18. The van der Waals surface area contributed by atoms with Gasteiger partial charge in [0.1, 0.15) is 5.00 Å². The largest absolute Gasteiger partial charge is 0.465 e. The summed E-state index contributed by atoms with van der Waals surface area (Å²) in [5.74, 6) is -0.393. The number of ether oxygens (including phenoxy) is 1. The van der Waals surface area contributed by atoms with Crippen LogP contribution in [0.1, 0.15) is 20.8 Å². The molecule has 0 aliphatic rings. The van der Waals surface area contributed by atoms with Crippen molar-refractivity contribution in [3.05, 3.63) is 107 Å². The molecule has 0 unspecified atom stereocenters. The van der Waals surface area contributed by atoms with Gasteiger partial charge in [0.15, 0.2) is 5.11 Å². The van der Waals surface area contributed by atoms with Gasteiger partial charge in [-0.1, -0.05) is 78.9 Å². The number of para-hydroxylation sites is 1. The van der Waals surface area contributed by atoms with Gasteiger partial charge in [0.2, 0.25) is 0 Å². The minimum atomic E-state index is -0.393. The van der Waals surface area contributed by atoms with Gasteiger partial charge >= 0.3 is 5.97 Å². The molecule has 4 aromatic rings. The van der Waals surface area contributed by atoms with E-state index < -0.39 is 5.97 Å². The van der Waals surface area contributed by atoms with Crippen molar-refractivity contribution in [3.8, 4) is 11.1 Å². The first kappa shape index (κ1) is 21.7. The zero-order valence-corrected chi connectivity index (χ0v) is 19.1. The summed E-state index contributed by atoms with van der Waals surface area (Å²) in [4.78, 5) is 13.4. The van der Waals surface area contributed by atoms with Crippen LogP contribution >= 0.6 is 23.6 Å². The van der Waals surface area contributed by atoms with E-state index in [4.69, 9.17) is 17.0 Å². The summed E-state index contributed by atoms with van der Waals surface area (Å²) in [6, 6.07) is 30.1. The molecule has 4 rings (SSSR count). The molecule has 0 bridgehead atoms. The Labute approximate surface area is 196 Å². The van der Waals surface area contributed by atoms with E-state index in [1.807, 2.05) is 66.7 Å². The number of benzene rings is 3. The molecule has 1 aromatic heterocycles. The van der Waals surface area contributed by atoms with Crippen LogP contribution in [-0.2, 0) is 11.2 Å². The van der Waals surface area contributed by atoms with Gasteiger partial charge in [-0.15, -0.1) is 11.3 Å². The van der Waals surface area contributed by atoms with Crippen molar-refractivity contribution in [3.63, 3.8) is 0 Å². The monoisotopic (exact) mass is 458 g/mol. The molecule has 0 spiro atoms. The average molecular weight is 459 g/mol.